The van der Waals surface area contributed by atoms with Crippen molar-refractivity contribution < 1.29 is 19.6 Å². The van der Waals surface area contributed by atoms with Crippen LogP contribution in [0.15, 0.2) is 60.2 Å². The van der Waals surface area contributed by atoms with Crippen LogP contribution in [0.3, 0.4) is 0 Å². The Morgan fingerprint density at radius 1 is 1.07 bits per heavy atom. The van der Waals surface area contributed by atoms with Crippen molar-refractivity contribution in [3.05, 3.63) is 81.4 Å². The van der Waals surface area contributed by atoms with E-state index in [0.717, 1.165) is 19.3 Å². The first-order valence-corrected chi connectivity index (χ1v) is 10.0. The van der Waals surface area contributed by atoms with Gasteiger partial charge in [-0.25, -0.2) is 0 Å². The van der Waals surface area contributed by atoms with Crippen molar-refractivity contribution in [2.24, 2.45) is 0 Å². The fourth-order valence-corrected chi connectivity index (χ4v) is 3.73. The molecular weight excluding hydrogens is 384 g/mol. The lowest BCUT2D eigenvalue weighted by Crippen LogP contribution is -2.30. The monoisotopic (exact) mass is 408 g/mol. The number of nitro groups is 1. The number of aliphatic hydroxyl groups excluding tert-OH is 1. The van der Waals surface area contributed by atoms with Gasteiger partial charge in [0.2, 0.25) is 0 Å². The van der Waals surface area contributed by atoms with Gasteiger partial charge >= 0.3 is 0 Å². The van der Waals surface area contributed by atoms with Crippen LogP contribution in [0.2, 0.25) is 0 Å². The van der Waals surface area contributed by atoms with Crippen LogP contribution in [0.4, 0.5) is 5.69 Å². The number of hydrogen-bond acceptors (Lipinski definition) is 5. The summed E-state index contributed by atoms with van der Waals surface area (Å²) in [5, 5.41) is 22.1. The third-order valence-corrected chi connectivity index (χ3v) is 5.24. The van der Waals surface area contributed by atoms with Gasteiger partial charge in [-0.2, -0.15) is 0 Å². The Balaban J connectivity index is 2.10. The number of amides is 1. The Morgan fingerprint density at radius 2 is 1.80 bits per heavy atom. The number of ketones is 1. The number of rotatable bonds is 8. The number of benzene rings is 2. The highest BCUT2D eigenvalue weighted by atomic mass is 16.6. The molecule has 2 aromatic rings. The number of non-ortho nitro benzene ring substituents is 1. The number of Topliss-reactive ketones (excluding diaryl/α,β-unsaturated/α-hetero) is 1. The van der Waals surface area contributed by atoms with Crippen LogP contribution in [0, 0.1) is 10.1 Å². The van der Waals surface area contributed by atoms with Crippen molar-refractivity contribution in [1.82, 2.24) is 4.90 Å². The minimum absolute atomic E-state index is 0.0396. The van der Waals surface area contributed by atoms with Gasteiger partial charge in [0.25, 0.3) is 17.4 Å². The maximum atomic E-state index is 12.9. The standard InChI is InChI=1S/C23H24N2O5/c1-2-3-4-8-14-24-20(17-12-9-13-18(15-17)25(29)30)19(22(27)23(24)28)21(26)16-10-6-5-7-11-16/h5-7,9-13,15,20,26H,2-4,8,14H2,1H3/b21-19+/t20-/m0/s1. The zero-order valence-corrected chi connectivity index (χ0v) is 16.8. The first kappa shape index (κ1) is 21.2. The maximum Gasteiger partial charge on any atom is 0.295 e. The van der Waals surface area contributed by atoms with Gasteiger partial charge in [-0.15, -0.1) is 0 Å². The van der Waals surface area contributed by atoms with Crippen molar-refractivity contribution >= 4 is 23.1 Å². The van der Waals surface area contributed by atoms with Crippen LogP contribution in [0.5, 0.6) is 0 Å². The Morgan fingerprint density at radius 3 is 2.47 bits per heavy atom. The minimum Gasteiger partial charge on any atom is -0.507 e. The van der Waals surface area contributed by atoms with Gasteiger partial charge in [0.05, 0.1) is 16.5 Å². The minimum atomic E-state index is -0.869. The molecule has 30 heavy (non-hydrogen) atoms. The van der Waals surface area contributed by atoms with Gasteiger partial charge in [0.15, 0.2) is 0 Å². The number of likely N-dealkylation sites (tertiary alicyclic amines) is 1. The van der Waals surface area contributed by atoms with E-state index in [2.05, 4.69) is 6.92 Å². The topological polar surface area (TPSA) is 101 Å². The second-order valence-corrected chi connectivity index (χ2v) is 7.27. The molecule has 0 bridgehead atoms. The first-order valence-electron chi connectivity index (χ1n) is 10.0. The average molecular weight is 408 g/mol. The molecular formula is C23H24N2O5. The van der Waals surface area contributed by atoms with Crippen LogP contribution < -0.4 is 0 Å². The highest BCUT2D eigenvalue weighted by molar-refractivity contribution is 6.46. The van der Waals surface area contributed by atoms with E-state index < -0.39 is 22.7 Å². The molecule has 1 aliphatic heterocycles. The first-order chi connectivity index (χ1) is 14.5. The van der Waals surface area contributed by atoms with Crippen molar-refractivity contribution in [3.63, 3.8) is 0 Å². The van der Waals surface area contributed by atoms with E-state index in [1.165, 1.54) is 23.1 Å². The molecule has 3 rings (SSSR count). The van der Waals surface area contributed by atoms with Crippen molar-refractivity contribution in [3.8, 4) is 0 Å². The lowest BCUT2D eigenvalue weighted by Gasteiger charge is -2.25. The molecule has 2 aromatic carbocycles. The van der Waals surface area contributed by atoms with Crippen LogP contribution in [0.1, 0.15) is 49.8 Å². The number of hydrogen-bond donors (Lipinski definition) is 1. The Kier molecular flexibility index (Phi) is 6.61. The normalized spacial score (nSPS) is 18.0. The summed E-state index contributed by atoms with van der Waals surface area (Å²) in [6.07, 6.45) is 3.65. The molecule has 0 saturated carbocycles. The lowest BCUT2D eigenvalue weighted by molar-refractivity contribution is -0.384. The SMILES string of the molecule is CCCCCCN1C(=O)C(=O)/C(=C(/O)c2ccccc2)[C@@H]1c1cccc([N+](=O)[O-])c1. The van der Waals surface area contributed by atoms with E-state index in [4.69, 9.17) is 0 Å². The second kappa shape index (κ2) is 9.35. The molecule has 0 radical (unpaired) electrons. The third-order valence-electron chi connectivity index (χ3n) is 5.24. The van der Waals surface area contributed by atoms with Crippen LogP contribution in [-0.4, -0.2) is 33.2 Å². The summed E-state index contributed by atoms with van der Waals surface area (Å²) in [6, 6.07) is 13.5. The largest absolute Gasteiger partial charge is 0.507 e. The Hall–Kier alpha value is -3.48. The number of carbonyl (C=O) groups is 2. The van der Waals surface area contributed by atoms with Gasteiger partial charge in [-0.1, -0.05) is 68.7 Å². The zero-order valence-electron chi connectivity index (χ0n) is 16.8. The average Bonchev–Trinajstić information content (AvgIpc) is 3.01. The van der Waals surface area contributed by atoms with Gasteiger partial charge < -0.3 is 10.0 Å². The predicted molar refractivity (Wildman–Crippen MR) is 113 cm³/mol. The van der Waals surface area contributed by atoms with Gasteiger partial charge in [0.1, 0.15) is 5.76 Å². The van der Waals surface area contributed by atoms with E-state index in [1.54, 1.807) is 36.4 Å². The van der Waals surface area contributed by atoms with Gasteiger partial charge in [0, 0.05) is 24.2 Å². The van der Waals surface area contributed by atoms with Crippen LogP contribution in [0.25, 0.3) is 5.76 Å². The third kappa shape index (κ3) is 4.25. The number of carbonyl (C=O) groups excluding carboxylic acids is 2. The number of nitrogens with zero attached hydrogens (tertiary/aromatic N) is 2. The number of nitro benzene ring substituents is 1. The highest BCUT2D eigenvalue weighted by Gasteiger charge is 2.46. The second-order valence-electron chi connectivity index (χ2n) is 7.27. The summed E-state index contributed by atoms with van der Waals surface area (Å²) >= 11 is 0. The fraction of sp³-hybridized carbons (Fsp3) is 0.304. The molecule has 1 saturated heterocycles. The molecule has 1 atom stereocenters. The molecule has 156 valence electrons. The van der Waals surface area contributed by atoms with Gasteiger partial charge in [-0.3, -0.25) is 19.7 Å². The fourth-order valence-electron chi connectivity index (χ4n) is 3.73. The molecule has 1 aliphatic rings. The van der Waals surface area contributed by atoms with E-state index in [0.29, 0.717) is 24.1 Å². The smallest absolute Gasteiger partial charge is 0.295 e. The van der Waals surface area contributed by atoms with E-state index >= 15 is 0 Å². The van der Waals surface area contributed by atoms with E-state index in [9.17, 15) is 24.8 Å². The predicted octanol–water partition coefficient (Wildman–Crippen LogP) is 4.60. The van der Waals surface area contributed by atoms with Gasteiger partial charge in [-0.05, 0) is 12.0 Å². The van der Waals surface area contributed by atoms with E-state index in [-0.39, 0.29) is 17.0 Å². The molecule has 7 nitrogen and oxygen atoms in total. The lowest BCUT2D eigenvalue weighted by atomic mass is 9.95. The summed E-state index contributed by atoms with van der Waals surface area (Å²) in [6.45, 7) is 2.42. The molecule has 1 fully saturated rings. The summed E-state index contributed by atoms with van der Waals surface area (Å²) in [5.74, 6) is -1.75. The summed E-state index contributed by atoms with van der Waals surface area (Å²) < 4.78 is 0. The molecule has 0 aromatic heterocycles. The molecule has 0 spiro atoms. The zero-order chi connectivity index (χ0) is 21.7. The summed E-state index contributed by atoms with van der Waals surface area (Å²) in [7, 11) is 0. The summed E-state index contributed by atoms with van der Waals surface area (Å²) in [5.41, 5.74) is 0.666. The molecule has 1 amide bonds. The quantitative estimate of drug-likeness (QED) is 0.172. The molecule has 1 heterocycles. The maximum absolute atomic E-state index is 12.9. The highest BCUT2D eigenvalue weighted by Crippen LogP contribution is 2.40. The van der Waals surface area contributed by atoms with E-state index in [1.807, 2.05) is 0 Å². The van der Waals surface area contributed by atoms with Crippen LogP contribution in [-0.2, 0) is 9.59 Å². The van der Waals surface area contributed by atoms with Crippen molar-refractivity contribution in [1.29, 1.82) is 0 Å². The van der Waals surface area contributed by atoms with Crippen molar-refractivity contribution in [2.75, 3.05) is 6.54 Å². The van der Waals surface area contributed by atoms with Crippen LogP contribution >= 0.6 is 0 Å². The molecule has 1 N–H and O–H groups in total. The number of unbranched alkanes of at least 4 members (excludes halogenated alkanes) is 3. The Labute approximate surface area is 174 Å². The number of aliphatic hydroxyl groups is 1. The molecule has 0 aliphatic carbocycles. The molecule has 0 unspecified atom stereocenters. The Bertz CT molecular complexity index is 984. The summed E-state index contributed by atoms with van der Waals surface area (Å²) in [4.78, 5) is 37.9. The van der Waals surface area contributed by atoms with Crippen molar-refractivity contribution in [2.45, 2.75) is 38.6 Å². The molecule has 7 heteroatoms.